The van der Waals surface area contributed by atoms with Crippen molar-refractivity contribution >= 4 is 11.8 Å². The zero-order valence-corrected chi connectivity index (χ0v) is 13.5. The largest absolute Gasteiger partial charge is 0.359 e. The van der Waals surface area contributed by atoms with E-state index in [1.165, 1.54) is 9.80 Å². The molecule has 4 rings (SSSR count). The van der Waals surface area contributed by atoms with Crippen LogP contribution in [-0.4, -0.2) is 57.1 Å². The van der Waals surface area contributed by atoms with Crippen molar-refractivity contribution in [3.05, 3.63) is 36.4 Å². The summed E-state index contributed by atoms with van der Waals surface area (Å²) in [6.07, 6.45) is 4.58. The number of rotatable bonds is 5. The van der Waals surface area contributed by atoms with E-state index in [2.05, 4.69) is 10.1 Å². The Morgan fingerprint density at radius 3 is 2.76 bits per heavy atom. The van der Waals surface area contributed by atoms with Gasteiger partial charge < -0.3 is 14.3 Å². The fourth-order valence-electron chi connectivity index (χ4n) is 3.12. The molecule has 2 aliphatic rings. The lowest BCUT2D eigenvalue weighted by Crippen LogP contribution is -2.58. The van der Waals surface area contributed by atoms with Crippen LogP contribution in [-0.2, 0) is 16.1 Å². The van der Waals surface area contributed by atoms with Crippen LogP contribution in [0.4, 0.5) is 4.39 Å². The molecule has 0 spiro atoms. The molecule has 2 aromatic heterocycles. The van der Waals surface area contributed by atoms with Gasteiger partial charge in [0.15, 0.2) is 5.76 Å². The van der Waals surface area contributed by atoms with E-state index in [0.29, 0.717) is 37.4 Å². The molecule has 1 saturated carbocycles. The Bertz CT molecular complexity index is 803. The van der Waals surface area contributed by atoms with E-state index in [-0.39, 0.29) is 6.54 Å². The van der Waals surface area contributed by atoms with Crippen molar-refractivity contribution in [1.82, 2.24) is 19.9 Å². The minimum atomic E-state index is -0.738. The Morgan fingerprint density at radius 2 is 2.08 bits per heavy atom. The average Bonchev–Trinajstić information content (AvgIpc) is 3.30. The minimum Gasteiger partial charge on any atom is -0.359 e. The van der Waals surface area contributed by atoms with Gasteiger partial charge in [0.05, 0.1) is 12.1 Å². The molecule has 8 heteroatoms. The second kappa shape index (κ2) is 5.94. The summed E-state index contributed by atoms with van der Waals surface area (Å²) < 4.78 is 18.5. The number of nitrogens with zero attached hydrogens (tertiary/aromatic N) is 4. The van der Waals surface area contributed by atoms with Gasteiger partial charge in [-0.25, -0.2) is 4.39 Å². The normalized spacial score (nSPS) is 19.4. The molecule has 0 unspecified atom stereocenters. The lowest BCUT2D eigenvalue weighted by atomic mass is 10.1. The molecule has 1 aliphatic heterocycles. The maximum absolute atomic E-state index is 13.2. The molecular formula is C17H17FN4O3. The molecule has 130 valence electrons. The Hall–Kier alpha value is -2.77. The van der Waals surface area contributed by atoms with Crippen LogP contribution >= 0.6 is 0 Å². The van der Waals surface area contributed by atoms with Gasteiger partial charge in [0.1, 0.15) is 12.4 Å². The van der Waals surface area contributed by atoms with Crippen LogP contribution in [0.25, 0.3) is 11.3 Å². The first-order valence-electron chi connectivity index (χ1n) is 8.16. The number of pyridine rings is 1. The molecule has 0 radical (unpaired) electrons. The molecular weight excluding hydrogens is 327 g/mol. The van der Waals surface area contributed by atoms with Gasteiger partial charge in [-0.15, -0.1) is 0 Å². The number of alkyl halides is 1. The van der Waals surface area contributed by atoms with Gasteiger partial charge in [-0.3, -0.25) is 14.6 Å². The third-order valence-corrected chi connectivity index (χ3v) is 4.82. The van der Waals surface area contributed by atoms with Crippen LogP contribution in [0.2, 0.25) is 0 Å². The summed E-state index contributed by atoms with van der Waals surface area (Å²) in [6, 6.07) is 5.38. The van der Waals surface area contributed by atoms with Gasteiger partial charge in [-0.2, -0.15) is 0 Å². The standard InChI is InChI=1S/C17H17FN4O3/c18-11-17(3-4-17)22-7-6-21(15(23)16(22)24)10-13-8-14(20-25-13)12-2-1-5-19-9-12/h1-2,5,8-9H,3-4,6-7,10-11H2. The first kappa shape index (κ1) is 15.7. The summed E-state index contributed by atoms with van der Waals surface area (Å²) >= 11 is 0. The van der Waals surface area contributed by atoms with Crippen LogP contribution in [0.3, 0.4) is 0 Å². The molecule has 2 amide bonds. The van der Waals surface area contributed by atoms with Gasteiger partial charge in [0.25, 0.3) is 0 Å². The lowest BCUT2D eigenvalue weighted by Gasteiger charge is -2.37. The summed E-state index contributed by atoms with van der Waals surface area (Å²) in [5.74, 6) is -0.765. The van der Waals surface area contributed by atoms with E-state index in [4.69, 9.17) is 4.52 Å². The van der Waals surface area contributed by atoms with E-state index in [0.717, 1.165) is 5.56 Å². The molecule has 1 saturated heterocycles. The number of halogens is 1. The molecule has 2 fully saturated rings. The van der Waals surface area contributed by atoms with Crippen molar-refractivity contribution < 1.29 is 18.5 Å². The average molecular weight is 344 g/mol. The molecule has 25 heavy (non-hydrogen) atoms. The van der Waals surface area contributed by atoms with Gasteiger partial charge in [-0.1, -0.05) is 5.16 Å². The predicted molar refractivity (Wildman–Crippen MR) is 84.8 cm³/mol. The predicted octanol–water partition coefficient (Wildman–Crippen LogP) is 1.41. The van der Waals surface area contributed by atoms with Crippen molar-refractivity contribution in [2.45, 2.75) is 24.9 Å². The number of amides is 2. The van der Waals surface area contributed by atoms with E-state index < -0.39 is 24.0 Å². The molecule has 1 aliphatic carbocycles. The van der Waals surface area contributed by atoms with Crippen LogP contribution in [0, 0.1) is 0 Å². The summed E-state index contributed by atoms with van der Waals surface area (Å²) in [6.45, 7) is 0.268. The molecule has 0 bridgehead atoms. The highest BCUT2D eigenvalue weighted by Gasteiger charge is 2.53. The summed E-state index contributed by atoms with van der Waals surface area (Å²) in [5, 5.41) is 3.98. The zero-order chi connectivity index (χ0) is 17.4. The Kier molecular flexibility index (Phi) is 3.74. The number of aromatic nitrogens is 2. The lowest BCUT2D eigenvalue weighted by molar-refractivity contribution is -0.159. The highest BCUT2D eigenvalue weighted by Crippen LogP contribution is 2.43. The number of carbonyl (C=O) groups is 2. The highest BCUT2D eigenvalue weighted by atomic mass is 19.1. The zero-order valence-electron chi connectivity index (χ0n) is 13.5. The van der Waals surface area contributed by atoms with Crippen LogP contribution < -0.4 is 0 Å². The third-order valence-electron chi connectivity index (χ3n) is 4.82. The van der Waals surface area contributed by atoms with Crippen LogP contribution in [0.15, 0.2) is 35.1 Å². The van der Waals surface area contributed by atoms with Gasteiger partial charge in [-0.05, 0) is 25.0 Å². The number of hydrogen-bond acceptors (Lipinski definition) is 5. The fourth-order valence-corrected chi connectivity index (χ4v) is 3.12. The van der Waals surface area contributed by atoms with Gasteiger partial charge in [0.2, 0.25) is 0 Å². The Labute approximate surface area is 143 Å². The van der Waals surface area contributed by atoms with E-state index in [9.17, 15) is 14.0 Å². The Morgan fingerprint density at radius 1 is 1.24 bits per heavy atom. The number of hydrogen-bond donors (Lipinski definition) is 0. The van der Waals surface area contributed by atoms with Crippen molar-refractivity contribution in [3.63, 3.8) is 0 Å². The first-order valence-corrected chi connectivity index (χ1v) is 8.16. The summed E-state index contributed by atoms with van der Waals surface area (Å²) in [4.78, 5) is 31.5. The molecule has 7 nitrogen and oxygen atoms in total. The van der Waals surface area contributed by atoms with Gasteiger partial charge >= 0.3 is 11.8 Å². The monoisotopic (exact) mass is 344 g/mol. The van der Waals surface area contributed by atoms with Gasteiger partial charge in [0, 0.05) is 37.1 Å². The molecule has 0 atom stereocenters. The minimum absolute atomic E-state index is 0.161. The van der Waals surface area contributed by atoms with E-state index in [1.54, 1.807) is 24.5 Å². The maximum atomic E-state index is 13.2. The van der Waals surface area contributed by atoms with Crippen molar-refractivity contribution in [3.8, 4) is 11.3 Å². The smallest absolute Gasteiger partial charge is 0.312 e. The van der Waals surface area contributed by atoms with E-state index in [1.807, 2.05) is 6.07 Å². The summed E-state index contributed by atoms with van der Waals surface area (Å²) in [7, 11) is 0. The number of piperazine rings is 1. The van der Waals surface area contributed by atoms with Crippen LogP contribution in [0.5, 0.6) is 0 Å². The second-order valence-electron chi connectivity index (χ2n) is 6.46. The summed E-state index contributed by atoms with van der Waals surface area (Å²) in [5.41, 5.74) is 0.691. The quantitative estimate of drug-likeness (QED) is 0.766. The van der Waals surface area contributed by atoms with Crippen molar-refractivity contribution in [2.75, 3.05) is 19.8 Å². The van der Waals surface area contributed by atoms with Crippen molar-refractivity contribution in [2.24, 2.45) is 0 Å². The van der Waals surface area contributed by atoms with E-state index >= 15 is 0 Å². The Balaban J connectivity index is 1.45. The molecule has 0 N–H and O–H groups in total. The van der Waals surface area contributed by atoms with Crippen LogP contribution in [0.1, 0.15) is 18.6 Å². The van der Waals surface area contributed by atoms with Crippen molar-refractivity contribution in [1.29, 1.82) is 0 Å². The highest BCUT2D eigenvalue weighted by molar-refractivity contribution is 6.35. The second-order valence-corrected chi connectivity index (χ2v) is 6.46. The number of carbonyl (C=O) groups excluding carboxylic acids is 2. The SMILES string of the molecule is O=C1C(=O)N(C2(CF)CC2)CCN1Cc1cc(-c2cccnc2)no1. The molecule has 3 heterocycles. The molecule has 0 aromatic carbocycles. The topological polar surface area (TPSA) is 79.5 Å². The fraction of sp³-hybridized carbons (Fsp3) is 0.412. The third kappa shape index (κ3) is 2.77. The maximum Gasteiger partial charge on any atom is 0.312 e. The first-order chi connectivity index (χ1) is 12.1. The molecule has 2 aromatic rings.